The number of primary amides is 1. The van der Waals surface area contributed by atoms with Crippen LogP contribution in [-0.2, 0) is 6.42 Å². The fourth-order valence-corrected chi connectivity index (χ4v) is 2.33. The van der Waals surface area contributed by atoms with Gasteiger partial charge in [0.2, 0.25) is 0 Å². The molecule has 0 spiro atoms. The number of hydrogen-bond donors (Lipinski definition) is 2. The molecule has 0 bridgehead atoms. The van der Waals surface area contributed by atoms with Crippen LogP contribution < -0.4 is 16.0 Å². The molecule has 5 nitrogen and oxygen atoms in total. The maximum absolute atomic E-state index is 11.3. The van der Waals surface area contributed by atoms with Crippen LogP contribution in [0.3, 0.4) is 0 Å². The van der Waals surface area contributed by atoms with Crippen LogP contribution in [0.4, 0.5) is 5.69 Å². The molecule has 3 N–H and O–H groups in total. The SMILES string of the molecule is CCc1nc(C(N)=O)c(C)cc1N1CCNCC1. The standard InChI is InChI=1S/C13H20N4O/c1-3-10-11(17-6-4-15-5-7-17)8-9(2)12(16-10)13(14)18/h8,15H,3-7H2,1-2H3,(H2,14,18). The largest absolute Gasteiger partial charge is 0.368 e. The van der Waals surface area contributed by atoms with Crippen LogP contribution in [0.5, 0.6) is 0 Å². The smallest absolute Gasteiger partial charge is 0.267 e. The van der Waals surface area contributed by atoms with Gasteiger partial charge in [0.25, 0.3) is 5.91 Å². The minimum Gasteiger partial charge on any atom is -0.368 e. The van der Waals surface area contributed by atoms with Crippen molar-refractivity contribution in [3.8, 4) is 0 Å². The molecule has 1 aromatic heterocycles. The third kappa shape index (κ3) is 2.46. The van der Waals surface area contributed by atoms with Gasteiger partial charge in [0.05, 0.1) is 11.4 Å². The molecule has 0 atom stereocenters. The summed E-state index contributed by atoms with van der Waals surface area (Å²) < 4.78 is 0. The van der Waals surface area contributed by atoms with Crippen molar-refractivity contribution < 1.29 is 4.79 Å². The van der Waals surface area contributed by atoms with E-state index in [4.69, 9.17) is 5.73 Å². The summed E-state index contributed by atoms with van der Waals surface area (Å²) in [5.74, 6) is -0.450. The Morgan fingerprint density at radius 3 is 2.72 bits per heavy atom. The number of aromatic nitrogens is 1. The summed E-state index contributed by atoms with van der Waals surface area (Å²) in [5.41, 5.74) is 8.69. The fourth-order valence-electron chi connectivity index (χ4n) is 2.33. The van der Waals surface area contributed by atoms with Crippen LogP contribution in [0.15, 0.2) is 6.07 Å². The second-order valence-corrected chi connectivity index (χ2v) is 4.57. The van der Waals surface area contributed by atoms with Crippen molar-refractivity contribution in [3.63, 3.8) is 0 Å². The highest BCUT2D eigenvalue weighted by Gasteiger charge is 2.18. The molecule has 0 unspecified atom stereocenters. The molecule has 0 aliphatic carbocycles. The molecule has 0 radical (unpaired) electrons. The first-order chi connectivity index (χ1) is 8.63. The molecular weight excluding hydrogens is 228 g/mol. The monoisotopic (exact) mass is 248 g/mol. The van der Waals surface area contributed by atoms with E-state index in [-0.39, 0.29) is 0 Å². The van der Waals surface area contributed by atoms with Gasteiger partial charge in [-0.15, -0.1) is 0 Å². The van der Waals surface area contributed by atoms with E-state index < -0.39 is 5.91 Å². The lowest BCUT2D eigenvalue weighted by molar-refractivity contribution is 0.0994. The lowest BCUT2D eigenvalue weighted by atomic mass is 10.1. The minimum atomic E-state index is -0.450. The van der Waals surface area contributed by atoms with Crippen LogP contribution in [0, 0.1) is 6.92 Å². The Bertz CT molecular complexity index is 453. The summed E-state index contributed by atoms with van der Waals surface area (Å²) in [6.07, 6.45) is 0.805. The van der Waals surface area contributed by atoms with Crippen LogP contribution >= 0.6 is 0 Å². The number of amides is 1. The van der Waals surface area contributed by atoms with Crippen molar-refractivity contribution in [1.29, 1.82) is 0 Å². The molecule has 0 aromatic carbocycles. The number of nitrogens with zero attached hydrogens (tertiary/aromatic N) is 2. The van der Waals surface area contributed by atoms with Crippen molar-refractivity contribution in [3.05, 3.63) is 23.0 Å². The highest BCUT2D eigenvalue weighted by atomic mass is 16.1. The van der Waals surface area contributed by atoms with Crippen molar-refractivity contribution >= 4 is 11.6 Å². The van der Waals surface area contributed by atoms with Crippen LogP contribution in [0.25, 0.3) is 0 Å². The predicted molar refractivity (Wildman–Crippen MR) is 72.0 cm³/mol. The number of rotatable bonds is 3. The maximum atomic E-state index is 11.3. The van der Waals surface area contributed by atoms with Crippen LogP contribution in [0.2, 0.25) is 0 Å². The van der Waals surface area contributed by atoms with E-state index in [1.165, 1.54) is 0 Å². The molecule has 18 heavy (non-hydrogen) atoms. The number of nitrogens with two attached hydrogens (primary N) is 1. The van der Waals surface area contributed by atoms with Gasteiger partial charge < -0.3 is 16.0 Å². The van der Waals surface area contributed by atoms with Gasteiger partial charge in [-0.3, -0.25) is 4.79 Å². The Morgan fingerprint density at radius 1 is 1.50 bits per heavy atom. The number of piperazine rings is 1. The average molecular weight is 248 g/mol. The molecule has 1 amide bonds. The molecule has 2 heterocycles. The van der Waals surface area contributed by atoms with Gasteiger partial charge in [-0.1, -0.05) is 6.92 Å². The third-order valence-electron chi connectivity index (χ3n) is 3.30. The maximum Gasteiger partial charge on any atom is 0.267 e. The van der Waals surface area contributed by atoms with Crippen molar-refractivity contribution in [2.24, 2.45) is 5.73 Å². The van der Waals surface area contributed by atoms with E-state index in [2.05, 4.69) is 15.2 Å². The number of anilines is 1. The summed E-state index contributed by atoms with van der Waals surface area (Å²) in [6, 6.07) is 2.04. The summed E-state index contributed by atoms with van der Waals surface area (Å²) in [4.78, 5) is 18.1. The summed E-state index contributed by atoms with van der Waals surface area (Å²) in [6.45, 7) is 7.86. The van der Waals surface area contributed by atoms with E-state index in [9.17, 15) is 4.79 Å². The van der Waals surface area contributed by atoms with Gasteiger partial charge in [0.15, 0.2) is 0 Å². The van der Waals surface area contributed by atoms with E-state index in [0.717, 1.165) is 49.5 Å². The molecular formula is C13H20N4O. The first-order valence-corrected chi connectivity index (χ1v) is 6.39. The summed E-state index contributed by atoms with van der Waals surface area (Å²) >= 11 is 0. The lowest BCUT2D eigenvalue weighted by Gasteiger charge is -2.31. The normalized spacial score (nSPS) is 15.8. The van der Waals surface area contributed by atoms with Gasteiger partial charge in [-0.2, -0.15) is 0 Å². The highest BCUT2D eigenvalue weighted by molar-refractivity contribution is 5.92. The predicted octanol–water partition coefficient (Wildman–Crippen LogP) is 0.461. The highest BCUT2D eigenvalue weighted by Crippen LogP contribution is 2.23. The van der Waals surface area contributed by atoms with E-state index in [1.807, 2.05) is 19.9 Å². The molecule has 1 aliphatic heterocycles. The Labute approximate surface area is 107 Å². The summed E-state index contributed by atoms with van der Waals surface area (Å²) in [5, 5.41) is 3.33. The molecule has 2 rings (SSSR count). The molecule has 1 fully saturated rings. The van der Waals surface area contributed by atoms with E-state index in [1.54, 1.807) is 0 Å². The Morgan fingerprint density at radius 2 is 2.17 bits per heavy atom. The number of nitrogens with one attached hydrogen (secondary N) is 1. The molecule has 0 saturated carbocycles. The van der Waals surface area contributed by atoms with Gasteiger partial charge >= 0.3 is 0 Å². The zero-order chi connectivity index (χ0) is 13.1. The zero-order valence-electron chi connectivity index (χ0n) is 11.0. The van der Waals surface area contributed by atoms with Crippen molar-refractivity contribution in [1.82, 2.24) is 10.3 Å². The fraction of sp³-hybridized carbons (Fsp3) is 0.538. The summed E-state index contributed by atoms with van der Waals surface area (Å²) in [7, 11) is 0. The topological polar surface area (TPSA) is 71.2 Å². The number of pyridine rings is 1. The van der Waals surface area contributed by atoms with Crippen LogP contribution in [0.1, 0.15) is 28.7 Å². The van der Waals surface area contributed by atoms with Crippen molar-refractivity contribution in [2.45, 2.75) is 20.3 Å². The Hall–Kier alpha value is -1.62. The zero-order valence-corrected chi connectivity index (χ0v) is 11.0. The second-order valence-electron chi connectivity index (χ2n) is 4.57. The first kappa shape index (κ1) is 12.8. The number of aryl methyl sites for hydroxylation is 2. The van der Waals surface area contributed by atoms with E-state index >= 15 is 0 Å². The van der Waals surface area contributed by atoms with Gasteiger partial charge in [-0.05, 0) is 25.0 Å². The minimum absolute atomic E-state index is 0.394. The lowest BCUT2D eigenvalue weighted by Crippen LogP contribution is -2.44. The van der Waals surface area contributed by atoms with E-state index in [0.29, 0.717) is 5.69 Å². The van der Waals surface area contributed by atoms with Crippen LogP contribution in [-0.4, -0.2) is 37.1 Å². The number of hydrogen-bond acceptors (Lipinski definition) is 4. The molecule has 1 aromatic rings. The van der Waals surface area contributed by atoms with Gasteiger partial charge in [0, 0.05) is 26.2 Å². The van der Waals surface area contributed by atoms with Gasteiger partial charge in [-0.25, -0.2) is 4.98 Å². The number of carbonyl (C=O) groups is 1. The third-order valence-corrected chi connectivity index (χ3v) is 3.30. The average Bonchev–Trinajstić information content (AvgIpc) is 2.39. The number of carbonyl (C=O) groups excluding carboxylic acids is 1. The van der Waals surface area contributed by atoms with Crippen molar-refractivity contribution in [2.75, 3.05) is 31.1 Å². The second kappa shape index (κ2) is 5.35. The quantitative estimate of drug-likeness (QED) is 0.815. The first-order valence-electron chi connectivity index (χ1n) is 6.39. The molecule has 1 saturated heterocycles. The Balaban J connectivity index is 2.40. The molecule has 1 aliphatic rings. The Kier molecular flexibility index (Phi) is 3.81. The van der Waals surface area contributed by atoms with Gasteiger partial charge in [0.1, 0.15) is 5.69 Å². The molecule has 5 heteroatoms. The molecule has 98 valence electrons.